The van der Waals surface area contributed by atoms with E-state index in [4.69, 9.17) is 11.6 Å². The van der Waals surface area contributed by atoms with Crippen molar-refractivity contribution < 1.29 is 13.2 Å². The molecule has 6 heteroatoms. The molecule has 1 aliphatic rings. The average Bonchev–Trinajstić information content (AvgIpc) is 2.66. The van der Waals surface area contributed by atoms with Gasteiger partial charge in [-0.2, -0.15) is 18.3 Å². The van der Waals surface area contributed by atoms with Gasteiger partial charge in [-0.25, -0.2) is 0 Å². The van der Waals surface area contributed by atoms with Gasteiger partial charge in [0, 0.05) is 17.1 Å². The van der Waals surface area contributed by atoms with Crippen molar-refractivity contribution in [3.05, 3.63) is 17.0 Å². The summed E-state index contributed by atoms with van der Waals surface area (Å²) in [6.45, 7) is 0.347. The number of hydrogen-bond donors (Lipinski definition) is 0. The van der Waals surface area contributed by atoms with Gasteiger partial charge in [-0.15, -0.1) is 11.6 Å². The second-order valence-corrected chi connectivity index (χ2v) is 3.92. The molecule has 1 heterocycles. The van der Waals surface area contributed by atoms with Crippen LogP contribution < -0.4 is 0 Å². The molecule has 0 atom stereocenters. The van der Waals surface area contributed by atoms with E-state index in [0.717, 1.165) is 6.42 Å². The molecule has 0 fully saturated rings. The maximum Gasteiger partial charge on any atom is 0.435 e. The van der Waals surface area contributed by atoms with Crippen LogP contribution in [-0.2, 0) is 25.6 Å². The smallest absolute Gasteiger partial charge is 0.268 e. The predicted octanol–water partition coefficient (Wildman–Crippen LogP) is 2.63. The Morgan fingerprint density at radius 3 is 2.67 bits per heavy atom. The Balaban J connectivity index is 2.45. The van der Waals surface area contributed by atoms with Crippen molar-refractivity contribution in [3.63, 3.8) is 0 Å². The van der Waals surface area contributed by atoms with Gasteiger partial charge in [0.2, 0.25) is 0 Å². The number of aromatic nitrogens is 2. The van der Waals surface area contributed by atoms with Crippen LogP contribution in [0, 0.1) is 0 Å². The molecule has 0 spiro atoms. The van der Waals surface area contributed by atoms with Crippen molar-refractivity contribution in [2.75, 3.05) is 5.88 Å². The van der Waals surface area contributed by atoms with Crippen LogP contribution in [0.5, 0.6) is 0 Å². The molecule has 2 nitrogen and oxygen atoms in total. The summed E-state index contributed by atoms with van der Waals surface area (Å²) in [6, 6.07) is 0. The molecule has 15 heavy (non-hydrogen) atoms. The number of aryl methyl sites for hydroxylation is 1. The fraction of sp³-hybridized carbons (Fsp3) is 0.667. The van der Waals surface area contributed by atoms with Crippen LogP contribution in [0.25, 0.3) is 0 Å². The minimum atomic E-state index is -4.34. The standard InChI is InChI=1S/C9H10ClF3N2/c10-4-5-15-7-3-1-2-6(7)8(14-15)9(11,12)13/h1-5H2. The first-order valence-electron chi connectivity index (χ1n) is 4.75. The first kappa shape index (κ1) is 10.8. The van der Waals surface area contributed by atoms with E-state index in [2.05, 4.69) is 5.10 Å². The van der Waals surface area contributed by atoms with Gasteiger partial charge in [-0.05, 0) is 19.3 Å². The molecule has 0 bridgehead atoms. The lowest BCUT2D eigenvalue weighted by atomic mass is 10.2. The Morgan fingerprint density at radius 1 is 1.33 bits per heavy atom. The Bertz CT molecular complexity index is 370. The van der Waals surface area contributed by atoms with Crippen LogP contribution in [0.1, 0.15) is 23.4 Å². The molecule has 1 aromatic rings. The molecule has 1 aromatic heterocycles. The molecule has 0 amide bonds. The molecule has 84 valence electrons. The second-order valence-electron chi connectivity index (χ2n) is 3.54. The van der Waals surface area contributed by atoms with Crippen molar-refractivity contribution >= 4 is 11.6 Å². The van der Waals surface area contributed by atoms with Crippen LogP contribution in [0.15, 0.2) is 0 Å². The van der Waals surface area contributed by atoms with Crippen LogP contribution in [0.2, 0.25) is 0 Å². The van der Waals surface area contributed by atoms with Gasteiger partial charge in [-0.3, -0.25) is 4.68 Å². The van der Waals surface area contributed by atoms with E-state index < -0.39 is 11.9 Å². The van der Waals surface area contributed by atoms with E-state index in [9.17, 15) is 13.2 Å². The highest BCUT2D eigenvalue weighted by molar-refractivity contribution is 6.17. The van der Waals surface area contributed by atoms with E-state index in [1.54, 1.807) is 0 Å². The third-order valence-electron chi connectivity index (χ3n) is 2.57. The molecule has 0 saturated carbocycles. The highest BCUT2D eigenvalue weighted by atomic mass is 35.5. The molecule has 1 aliphatic carbocycles. The molecule has 2 rings (SSSR count). The largest absolute Gasteiger partial charge is 0.435 e. The van der Waals surface area contributed by atoms with Crippen LogP contribution in [-0.4, -0.2) is 15.7 Å². The summed E-state index contributed by atoms with van der Waals surface area (Å²) >= 11 is 5.52. The van der Waals surface area contributed by atoms with E-state index >= 15 is 0 Å². The third-order valence-corrected chi connectivity index (χ3v) is 2.74. The van der Waals surface area contributed by atoms with Crippen molar-refractivity contribution in [3.8, 4) is 0 Å². The Labute approximate surface area is 90.0 Å². The zero-order valence-corrected chi connectivity index (χ0v) is 8.70. The van der Waals surface area contributed by atoms with E-state index in [-0.39, 0.29) is 5.88 Å². The maximum atomic E-state index is 12.6. The highest BCUT2D eigenvalue weighted by Gasteiger charge is 2.39. The molecule has 0 N–H and O–H groups in total. The summed E-state index contributed by atoms with van der Waals surface area (Å²) in [5.74, 6) is 0.283. The number of hydrogen-bond acceptors (Lipinski definition) is 1. The number of rotatable bonds is 2. The average molecular weight is 239 g/mol. The van der Waals surface area contributed by atoms with Crippen molar-refractivity contribution in [2.24, 2.45) is 0 Å². The molecule has 0 radical (unpaired) electrons. The van der Waals surface area contributed by atoms with Gasteiger partial charge >= 0.3 is 6.18 Å². The maximum absolute atomic E-state index is 12.6. The minimum absolute atomic E-state index is 0.283. The Hall–Kier alpha value is -0.710. The van der Waals surface area contributed by atoms with Gasteiger partial charge in [0.1, 0.15) is 0 Å². The zero-order chi connectivity index (χ0) is 11.1. The zero-order valence-electron chi connectivity index (χ0n) is 7.94. The van der Waals surface area contributed by atoms with Gasteiger partial charge in [0.05, 0.1) is 6.54 Å². The van der Waals surface area contributed by atoms with Crippen molar-refractivity contribution in [1.82, 2.24) is 9.78 Å². The summed E-state index contributed by atoms with van der Waals surface area (Å²) in [6.07, 6.45) is -2.41. The van der Waals surface area contributed by atoms with Crippen LogP contribution >= 0.6 is 11.6 Å². The van der Waals surface area contributed by atoms with Crippen molar-refractivity contribution in [2.45, 2.75) is 32.0 Å². The second kappa shape index (κ2) is 3.70. The summed E-state index contributed by atoms with van der Waals surface area (Å²) < 4.78 is 39.2. The Kier molecular flexibility index (Phi) is 2.66. The SMILES string of the molecule is FC(F)(F)c1nn(CCCl)c2c1CCC2. The lowest BCUT2D eigenvalue weighted by molar-refractivity contribution is -0.142. The molecule has 0 aliphatic heterocycles. The molecule has 0 aromatic carbocycles. The van der Waals surface area contributed by atoms with Gasteiger partial charge in [0.25, 0.3) is 0 Å². The minimum Gasteiger partial charge on any atom is -0.268 e. The number of fused-ring (bicyclic) bond motifs is 1. The number of alkyl halides is 4. The topological polar surface area (TPSA) is 17.8 Å². The fourth-order valence-electron chi connectivity index (χ4n) is 2.00. The van der Waals surface area contributed by atoms with E-state index in [0.29, 0.717) is 30.6 Å². The molecular weight excluding hydrogens is 229 g/mol. The van der Waals surface area contributed by atoms with Crippen LogP contribution in [0.4, 0.5) is 13.2 Å². The van der Waals surface area contributed by atoms with Gasteiger partial charge in [0.15, 0.2) is 5.69 Å². The number of nitrogens with zero attached hydrogens (tertiary/aromatic N) is 2. The first-order valence-corrected chi connectivity index (χ1v) is 5.29. The predicted molar refractivity (Wildman–Crippen MR) is 50.0 cm³/mol. The molecular formula is C9H10ClF3N2. The van der Waals surface area contributed by atoms with Gasteiger partial charge in [-0.1, -0.05) is 0 Å². The number of halogens is 4. The Morgan fingerprint density at radius 2 is 2.07 bits per heavy atom. The van der Waals surface area contributed by atoms with E-state index in [1.165, 1.54) is 4.68 Å². The first-order chi connectivity index (χ1) is 7.04. The summed E-state index contributed by atoms with van der Waals surface area (Å²) in [5.41, 5.74) is 0.357. The van der Waals surface area contributed by atoms with E-state index in [1.807, 2.05) is 0 Å². The summed E-state index contributed by atoms with van der Waals surface area (Å²) in [4.78, 5) is 0. The normalized spacial score (nSPS) is 15.7. The van der Waals surface area contributed by atoms with Crippen LogP contribution in [0.3, 0.4) is 0 Å². The van der Waals surface area contributed by atoms with Crippen molar-refractivity contribution in [1.29, 1.82) is 0 Å². The summed E-state index contributed by atoms with van der Waals surface area (Å²) in [5, 5.41) is 3.60. The fourth-order valence-corrected chi connectivity index (χ4v) is 2.16. The molecule has 0 saturated heterocycles. The monoisotopic (exact) mass is 238 g/mol. The van der Waals surface area contributed by atoms with Gasteiger partial charge < -0.3 is 0 Å². The lowest BCUT2D eigenvalue weighted by Gasteiger charge is -2.04. The molecule has 0 unspecified atom stereocenters. The highest BCUT2D eigenvalue weighted by Crippen LogP contribution is 2.36. The third kappa shape index (κ3) is 1.85. The lowest BCUT2D eigenvalue weighted by Crippen LogP contribution is -2.11. The summed E-state index contributed by atoms with van der Waals surface area (Å²) in [7, 11) is 0. The quantitative estimate of drug-likeness (QED) is 0.725.